The van der Waals surface area contributed by atoms with Gasteiger partial charge in [-0.15, -0.1) is 5.10 Å². The Morgan fingerprint density at radius 1 is 1.14 bits per heavy atom. The van der Waals surface area contributed by atoms with Gasteiger partial charge in [-0.05, 0) is 56.5 Å². The van der Waals surface area contributed by atoms with Crippen LogP contribution in [0.1, 0.15) is 29.2 Å². The van der Waals surface area contributed by atoms with Crippen LogP contribution in [0.2, 0.25) is 0 Å². The number of carbonyl (C=O) groups excluding carboxylic acids is 1. The Morgan fingerprint density at radius 3 is 2.45 bits per heavy atom. The first kappa shape index (κ1) is 21.1. The molecule has 1 unspecified atom stereocenters. The van der Waals surface area contributed by atoms with Gasteiger partial charge in [-0.3, -0.25) is 4.79 Å². The van der Waals surface area contributed by atoms with Crippen molar-refractivity contribution in [2.24, 2.45) is 10.2 Å². The molecule has 9 heteroatoms. The molecule has 1 N–H and O–H groups in total. The van der Waals surface area contributed by atoms with E-state index in [1.165, 1.54) is 18.0 Å². The predicted molar refractivity (Wildman–Crippen MR) is 115 cm³/mol. The van der Waals surface area contributed by atoms with Gasteiger partial charge in [-0.25, -0.2) is 0 Å². The van der Waals surface area contributed by atoms with Gasteiger partial charge in [0.2, 0.25) is 5.91 Å². The summed E-state index contributed by atoms with van der Waals surface area (Å²) < 4.78 is 30.9. The van der Waals surface area contributed by atoms with Crippen molar-refractivity contribution in [3.05, 3.63) is 58.7 Å². The third kappa shape index (κ3) is 5.04. The average Bonchev–Trinajstić information content (AvgIpc) is 2.91. The second kappa shape index (κ2) is 8.38. The summed E-state index contributed by atoms with van der Waals surface area (Å²) in [6.45, 7) is 7.20. The van der Waals surface area contributed by atoms with Crippen LogP contribution in [-0.4, -0.2) is 31.0 Å². The summed E-state index contributed by atoms with van der Waals surface area (Å²) in [6, 6.07) is 10.2. The van der Waals surface area contributed by atoms with Crippen molar-refractivity contribution < 1.29 is 17.4 Å². The van der Waals surface area contributed by atoms with Crippen LogP contribution in [0.4, 0.5) is 0 Å². The lowest BCUT2D eigenvalue weighted by molar-refractivity contribution is -0.118. The maximum absolute atomic E-state index is 12.8. The zero-order valence-electron chi connectivity index (χ0n) is 16.5. The van der Waals surface area contributed by atoms with Crippen molar-refractivity contribution in [3.63, 3.8) is 0 Å². The molecule has 0 radical (unpaired) electrons. The fourth-order valence-corrected chi connectivity index (χ4v) is 5.13. The molecule has 0 spiro atoms. The molecular formula is C20H21N3O4S2. The first-order chi connectivity index (χ1) is 13.7. The number of aryl methyl sites for hydroxylation is 3. The number of hydrogen-bond donors (Lipinski definition) is 1. The zero-order valence-corrected chi connectivity index (χ0v) is 18.1. The Labute approximate surface area is 174 Å². The number of benzene rings is 2. The summed E-state index contributed by atoms with van der Waals surface area (Å²) in [6.07, 6.45) is 1.46. The molecule has 1 atom stereocenters. The fraction of sp³-hybridized carbons (Fsp3) is 0.250. The number of thioether (sulfide) groups is 1. The first-order valence-corrected chi connectivity index (χ1v) is 11.2. The van der Waals surface area contributed by atoms with Crippen LogP contribution >= 0.6 is 11.8 Å². The molecule has 0 saturated carbocycles. The first-order valence-electron chi connectivity index (χ1n) is 8.86. The van der Waals surface area contributed by atoms with Crippen molar-refractivity contribution in [2.75, 3.05) is 0 Å². The molecule has 7 nitrogen and oxygen atoms in total. The lowest BCUT2D eigenvalue weighted by atomic mass is 10.1. The minimum atomic E-state index is -3.98. The zero-order chi connectivity index (χ0) is 21.2. The molecule has 1 fully saturated rings. The van der Waals surface area contributed by atoms with Crippen molar-refractivity contribution in [2.45, 2.75) is 37.8 Å². The molecule has 0 aromatic heterocycles. The van der Waals surface area contributed by atoms with E-state index in [9.17, 15) is 13.2 Å². The number of carbonyl (C=O) groups is 1. The van der Waals surface area contributed by atoms with Gasteiger partial charge in [-0.2, -0.15) is 13.5 Å². The molecule has 0 bridgehead atoms. The second-order valence-corrected chi connectivity index (χ2v) is 9.55. The van der Waals surface area contributed by atoms with E-state index < -0.39 is 10.1 Å². The van der Waals surface area contributed by atoms with E-state index in [0.717, 1.165) is 5.56 Å². The molecule has 1 heterocycles. The summed E-state index contributed by atoms with van der Waals surface area (Å²) in [7, 11) is -3.98. The fourth-order valence-electron chi connectivity index (χ4n) is 3.03. The number of nitrogens with one attached hydrogen (secondary N) is 1. The Morgan fingerprint density at radius 2 is 1.83 bits per heavy atom. The molecular weight excluding hydrogens is 410 g/mol. The molecule has 29 heavy (non-hydrogen) atoms. The normalized spacial score (nSPS) is 18.4. The molecule has 1 aliphatic heterocycles. The molecule has 2 aromatic rings. The summed E-state index contributed by atoms with van der Waals surface area (Å²) in [5.41, 5.74) is 2.88. The maximum Gasteiger partial charge on any atom is 0.339 e. The smallest absolute Gasteiger partial charge is 0.339 e. The number of amides is 1. The van der Waals surface area contributed by atoms with Gasteiger partial charge in [-0.1, -0.05) is 41.6 Å². The van der Waals surface area contributed by atoms with Crippen LogP contribution in [-0.2, 0) is 14.9 Å². The number of amidine groups is 1. The van der Waals surface area contributed by atoms with Crippen LogP contribution in [0.25, 0.3) is 0 Å². The molecule has 3 rings (SSSR count). The van der Waals surface area contributed by atoms with Gasteiger partial charge in [0, 0.05) is 0 Å². The monoisotopic (exact) mass is 431 g/mol. The highest BCUT2D eigenvalue weighted by Gasteiger charge is 2.25. The van der Waals surface area contributed by atoms with Crippen molar-refractivity contribution >= 4 is 39.2 Å². The number of rotatable bonds is 5. The topological polar surface area (TPSA) is 97.2 Å². The van der Waals surface area contributed by atoms with Gasteiger partial charge < -0.3 is 9.50 Å². The molecule has 0 aliphatic carbocycles. The van der Waals surface area contributed by atoms with E-state index in [0.29, 0.717) is 21.9 Å². The van der Waals surface area contributed by atoms with Crippen molar-refractivity contribution in [1.82, 2.24) is 5.32 Å². The van der Waals surface area contributed by atoms with Gasteiger partial charge in [0.25, 0.3) is 0 Å². The van der Waals surface area contributed by atoms with Crippen molar-refractivity contribution in [1.29, 1.82) is 0 Å². The highest BCUT2D eigenvalue weighted by Crippen LogP contribution is 2.26. The van der Waals surface area contributed by atoms with Crippen LogP contribution in [0.15, 0.2) is 51.5 Å². The number of hydrogen-bond acceptors (Lipinski definition) is 7. The molecule has 2 aromatic carbocycles. The van der Waals surface area contributed by atoms with E-state index in [2.05, 4.69) is 15.5 Å². The summed E-state index contributed by atoms with van der Waals surface area (Å²) >= 11 is 1.29. The van der Waals surface area contributed by atoms with Crippen LogP contribution in [0.3, 0.4) is 0 Å². The van der Waals surface area contributed by atoms with Crippen molar-refractivity contribution in [3.8, 4) is 5.75 Å². The van der Waals surface area contributed by atoms with Crippen LogP contribution < -0.4 is 9.50 Å². The average molecular weight is 432 g/mol. The summed E-state index contributed by atoms with van der Waals surface area (Å²) in [5, 5.41) is 10.8. The van der Waals surface area contributed by atoms with Crippen LogP contribution in [0, 0.1) is 20.8 Å². The Hall–Kier alpha value is -2.65. The SMILES string of the molecule is Cc1cc(C)c(S(=O)(=O)Oc2cccc(/C=N/N=C3/NC(=O)C(C)S3)c2)c(C)c1. The van der Waals surface area contributed by atoms with E-state index in [4.69, 9.17) is 4.18 Å². The second-order valence-electron chi connectivity index (χ2n) is 6.74. The lowest BCUT2D eigenvalue weighted by Gasteiger charge is -2.13. The third-order valence-corrected chi connectivity index (χ3v) is 6.69. The molecule has 152 valence electrons. The Balaban J connectivity index is 1.79. The minimum Gasteiger partial charge on any atom is -0.379 e. The van der Waals surface area contributed by atoms with Gasteiger partial charge in [0.1, 0.15) is 10.6 Å². The Bertz CT molecular complexity index is 1100. The van der Waals surface area contributed by atoms with E-state index in [1.54, 1.807) is 45.0 Å². The van der Waals surface area contributed by atoms with E-state index >= 15 is 0 Å². The molecule has 1 amide bonds. The highest BCUT2D eigenvalue weighted by atomic mass is 32.2. The summed E-state index contributed by atoms with van der Waals surface area (Å²) in [5.74, 6) is 0.0735. The predicted octanol–water partition coefficient (Wildman–Crippen LogP) is 3.32. The largest absolute Gasteiger partial charge is 0.379 e. The quantitative estimate of drug-likeness (QED) is 0.445. The van der Waals surface area contributed by atoms with Gasteiger partial charge >= 0.3 is 10.1 Å². The van der Waals surface area contributed by atoms with E-state index in [-0.39, 0.29) is 21.8 Å². The maximum atomic E-state index is 12.8. The molecule has 1 aliphatic rings. The lowest BCUT2D eigenvalue weighted by Crippen LogP contribution is -2.23. The standard InChI is InChI=1S/C20H21N3O4S2/c1-12-8-13(2)18(14(3)9-12)29(25,26)27-17-7-5-6-16(10-17)11-21-23-20-22-19(24)15(4)28-20/h5-11,15H,1-4H3,(H,22,23,24)/b21-11+. The third-order valence-electron chi connectivity index (χ3n) is 4.16. The van der Waals surface area contributed by atoms with E-state index in [1.807, 2.05) is 19.1 Å². The summed E-state index contributed by atoms with van der Waals surface area (Å²) in [4.78, 5) is 11.6. The van der Waals surface area contributed by atoms with Gasteiger partial charge in [0.05, 0.1) is 11.5 Å². The highest BCUT2D eigenvalue weighted by molar-refractivity contribution is 8.15. The van der Waals surface area contributed by atoms with Gasteiger partial charge in [0.15, 0.2) is 5.17 Å². The Kier molecular flexibility index (Phi) is 6.09. The molecule has 1 saturated heterocycles. The van der Waals surface area contributed by atoms with Crippen LogP contribution in [0.5, 0.6) is 5.75 Å². The number of nitrogens with zero attached hydrogens (tertiary/aromatic N) is 2. The minimum absolute atomic E-state index is 0.105.